The van der Waals surface area contributed by atoms with Crippen molar-refractivity contribution in [1.82, 2.24) is 4.98 Å². The van der Waals surface area contributed by atoms with Gasteiger partial charge in [-0.1, -0.05) is 31.9 Å². The van der Waals surface area contributed by atoms with E-state index < -0.39 is 0 Å². The molecular weight excluding hydrogens is 220 g/mol. The number of hydrogen-bond acceptors (Lipinski definition) is 2. The van der Waals surface area contributed by atoms with Gasteiger partial charge in [-0.15, -0.1) is 0 Å². The summed E-state index contributed by atoms with van der Waals surface area (Å²) >= 11 is 6.13. The van der Waals surface area contributed by atoms with Crippen LogP contribution in [-0.2, 0) is 0 Å². The summed E-state index contributed by atoms with van der Waals surface area (Å²) in [5, 5.41) is 4.16. The SMILES string of the molecule is Cc1ccnc(Cl)c1NC1CCCC1(C)C. The van der Waals surface area contributed by atoms with Crippen LogP contribution in [0.3, 0.4) is 0 Å². The largest absolute Gasteiger partial charge is 0.379 e. The Bertz CT molecular complexity index is 367. The lowest BCUT2D eigenvalue weighted by Gasteiger charge is -2.29. The Balaban J connectivity index is 2.21. The summed E-state index contributed by atoms with van der Waals surface area (Å²) in [6, 6.07) is 2.50. The monoisotopic (exact) mass is 238 g/mol. The van der Waals surface area contributed by atoms with Crippen molar-refractivity contribution in [2.75, 3.05) is 5.32 Å². The van der Waals surface area contributed by atoms with E-state index in [1.807, 2.05) is 6.07 Å². The number of nitrogens with one attached hydrogen (secondary N) is 1. The Morgan fingerprint density at radius 2 is 2.25 bits per heavy atom. The molecule has 1 fully saturated rings. The third-order valence-corrected chi connectivity index (χ3v) is 3.98. The van der Waals surface area contributed by atoms with E-state index in [1.165, 1.54) is 24.8 Å². The fourth-order valence-electron chi connectivity index (χ4n) is 2.47. The number of hydrogen-bond donors (Lipinski definition) is 1. The summed E-state index contributed by atoms with van der Waals surface area (Å²) in [6.45, 7) is 6.70. The van der Waals surface area contributed by atoms with Crippen LogP contribution in [0.5, 0.6) is 0 Å². The van der Waals surface area contributed by atoms with Crippen molar-refractivity contribution in [2.24, 2.45) is 5.41 Å². The summed E-state index contributed by atoms with van der Waals surface area (Å²) in [7, 11) is 0. The van der Waals surface area contributed by atoms with Crippen molar-refractivity contribution in [3.05, 3.63) is 23.0 Å². The van der Waals surface area contributed by atoms with Crippen LogP contribution in [0.15, 0.2) is 12.3 Å². The van der Waals surface area contributed by atoms with E-state index in [9.17, 15) is 0 Å². The number of rotatable bonds is 2. The van der Waals surface area contributed by atoms with E-state index >= 15 is 0 Å². The molecule has 1 saturated carbocycles. The molecule has 88 valence electrons. The van der Waals surface area contributed by atoms with Gasteiger partial charge in [0, 0.05) is 12.2 Å². The lowest BCUT2D eigenvalue weighted by molar-refractivity contribution is 0.350. The normalized spacial score (nSPS) is 23.4. The van der Waals surface area contributed by atoms with Crippen LogP contribution in [0.4, 0.5) is 5.69 Å². The van der Waals surface area contributed by atoms with Crippen LogP contribution in [0.1, 0.15) is 38.7 Å². The molecule has 0 radical (unpaired) electrons. The van der Waals surface area contributed by atoms with Crippen molar-refractivity contribution in [2.45, 2.75) is 46.1 Å². The van der Waals surface area contributed by atoms with Gasteiger partial charge in [0.2, 0.25) is 0 Å². The van der Waals surface area contributed by atoms with E-state index in [0.29, 0.717) is 16.6 Å². The van der Waals surface area contributed by atoms with Gasteiger partial charge >= 0.3 is 0 Å². The van der Waals surface area contributed by atoms with Crippen molar-refractivity contribution in [1.29, 1.82) is 0 Å². The number of aryl methyl sites for hydroxylation is 1. The summed E-state index contributed by atoms with van der Waals surface area (Å²) < 4.78 is 0. The maximum atomic E-state index is 6.13. The molecule has 3 heteroatoms. The Morgan fingerprint density at radius 1 is 1.50 bits per heavy atom. The lowest BCUT2D eigenvalue weighted by Crippen LogP contribution is -2.31. The molecule has 0 saturated heterocycles. The Labute approximate surface area is 102 Å². The molecule has 1 aliphatic rings. The van der Waals surface area contributed by atoms with Crippen LogP contribution >= 0.6 is 11.6 Å². The van der Waals surface area contributed by atoms with Crippen LogP contribution in [-0.4, -0.2) is 11.0 Å². The van der Waals surface area contributed by atoms with Gasteiger partial charge < -0.3 is 5.32 Å². The molecule has 1 aliphatic carbocycles. The van der Waals surface area contributed by atoms with Gasteiger partial charge in [-0.2, -0.15) is 0 Å². The average molecular weight is 239 g/mol. The highest BCUT2D eigenvalue weighted by Crippen LogP contribution is 2.40. The highest BCUT2D eigenvalue weighted by Gasteiger charge is 2.34. The second kappa shape index (κ2) is 4.25. The second-order valence-electron chi connectivity index (χ2n) is 5.37. The van der Waals surface area contributed by atoms with Gasteiger partial charge in [0.1, 0.15) is 0 Å². The summed E-state index contributed by atoms with van der Waals surface area (Å²) in [5.74, 6) is 0. The molecule has 0 aliphatic heterocycles. The van der Waals surface area contributed by atoms with Crippen molar-refractivity contribution >= 4 is 17.3 Å². The quantitative estimate of drug-likeness (QED) is 0.787. The molecule has 1 atom stereocenters. The topological polar surface area (TPSA) is 24.9 Å². The predicted octanol–water partition coefficient (Wildman–Crippen LogP) is 4.03. The van der Waals surface area contributed by atoms with Crippen LogP contribution in [0.25, 0.3) is 0 Å². The van der Waals surface area contributed by atoms with Crippen LogP contribution in [0.2, 0.25) is 5.15 Å². The Kier molecular flexibility index (Phi) is 3.11. The van der Waals surface area contributed by atoms with E-state index in [2.05, 4.69) is 31.1 Å². The first-order valence-corrected chi connectivity index (χ1v) is 6.26. The van der Waals surface area contributed by atoms with Gasteiger partial charge in [-0.25, -0.2) is 4.98 Å². The zero-order valence-corrected chi connectivity index (χ0v) is 10.9. The lowest BCUT2D eigenvalue weighted by atomic mass is 9.87. The van der Waals surface area contributed by atoms with Crippen LogP contribution < -0.4 is 5.32 Å². The first kappa shape index (κ1) is 11.7. The van der Waals surface area contributed by atoms with Gasteiger partial charge in [0.05, 0.1) is 5.69 Å². The molecule has 1 N–H and O–H groups in total. The molecule has 0 bridgehead atoms. The zero-order chi connectivity index (χ0) is 11.8. The second-order valence-corrected chi connectivity index (χ2v) is 5.73. The molecule has 1 unspecified atom stereocenters. The van der Waals surface area contributed by atoms with E-state index in [-0.39, 0.29) is 0 Å². The first-order valence-electron chi connectivity index (χ1n) is 5.88. The molecular formula is C13H19ClN2. The first-order chi connectivity index (χ1) is 7.50. The average Bonchev–Trinajstić information content (AvgIpc) is 2.52. The molecule has 0 aromatic carbocycles. The Hall–Kier alpha value is -0.760. The van der Waals surface area contributed by atoms with E-state index in [4.69, 9.17) is 11.6 Å². The molecule has 0 amide bonds. The van der Waals surface area contributed by atoms with Gasteiger partial charge in [0.25, 0.3) is 0 Å². The van der Waals surface area contributed by atoms with E-state index in [0.717, 1.165) is 5.69 Å². The smallest absolute Gasteiger partial charge is 0.152 e. The number of anilines is 1. The number of nitrogens with zero attached hydrogens (tertiary/aromatic N) is 1. The zero-order valence-electron chi connectivity index (χ0n) is 10.2. The van der Waals surface area contributed by atoms with Crippen molar-refractivity contribution < 1.29 is 0 Å². The summed E-state index contributed by atoms with van der Waals surface area (Å²) in [5.41, 5.74) is 2.53. The minimum absolute atomic E-state index is 0.353. The highest BCUT2D eigenvalue weighted by atomic mass is 35.5. The van der Waals surface area contributed by atoms with Crippen LogP contribution in [0, 0.1) is 12.3 Å². The number of halogens is 1. The minimum Gasteiger partial charge on any atom is -0.379 e. The highest BCUT2D eigenvalue weighted by molar-refractivity contribution is 6.32. The third kappa shape index (κ3) is 2.17. The maximum Gasteiger partial charge on any atom is 0.152 e. The molecule has 0 spiro atoms. The molecule has 16 heavy (non-hydrogen) atoms. The number of aromatic nitrogens is 1. The third-order valence-electron chi connectivity index (χ3n) is 3.69. The fourth-order valence-corrected chi connectivity index (χ4v) is 2.73. The number of pyridine rings is 1. The summed E-state index contributed by atoms with van der Waals surface area (Å²) in [4.78, 5) is 4.13. The minimum atomic E-state index is 0.353. The van der Waals surface area contributed by atoms with Gasteiger partial charge in [-0.3, -0.25) is 0 Å². The van der Waals surface area contributed by atoms with Crippen molar-refractivity contribution in [3.63, 3.8) is 0 Å². The molecule has 1 aromatic rings. The standard InChI is InChI=1S/C13H19ClN2/c1-9-6-8-15-12(14)11(9)16-10-5-4-7-13(10,2)3/h6,8,10,16H,4-5,7H2,1-3H3. The molecule has 2 rings (SSSR count). The van der Waals surface area contributed by atoms with Crippen molar-refractivity contribution in [3.8, 4) is 0 Å². The summed E-state index contributed by atoms with van der Waals surface area (Å²) in [6.07, 6.45) is 5.55. The molecule has 1 heterocycles. The maximum absolute atomic E-state index is 6.13. The molecule has 2 nitrogen and oxygen atoms in total. The molecule has 1 aromatic heterocycles. The fraction of sp³-hybridized carbons (Fsp3) is 0.615. The van der Waals surface area contributed by atoms with Gasteiger partial charge in [0.15, 0.2) is 5.15 Å². The Morgan fingerprint density at radius 3 is 2.81 bits per heavy atom. The van der Waals surface area contributed by atoms with E-state index in [1.54, 1.807) is 6.20 Å². The van der Waals surface area contributed by atoms with Gasteiger partial charge in [-0.05, 0) is 36.8 Å². The predicted molar refractivity (Wildman–Crippen MR) is 69.0 cm³/mol.